The molecule has 0 bridgehead atoms. The molecule has 0 aromatic rings. The third-order valence-corrected chi connectivity index (χ3v) is 1.95. The average Bonchev–Trinajstić information content (AvgIpc) is 2.20. The first-order valence-electron chi connectivity index (χ1n) is 5.20. The normalized spacial score (nSPS) is 11.4. The molecule has 0 saturated heterocycles. The van der Waals surface area contributed by atoms with E-state index in [0.29, 0.717) is 6.61 Å². The molecule has 0 aromatic carbocycles. The Morgan fingerprint density at radius 2 is 2.00 bits per heavy atom. The molecule has 0 radical (unpaired) electrons. The number of esters is 1. The van der Waals surface area contributed by atoms with Gasteiger partial charge in [-0.25, -0.2) is 0 Å². The van der Waals surface area contributed by atoms with Gasteiger partial charge in [-0.05, 0) is 19.3 Å². The van der Waals surface area contributed by atoms with Gasteiger partial charge in [-0.15, -0.1) is 0 Å². The van der Waals surface area contributed by atoms with Crippen molar-refractivity contribution in [2.24, 2.45) is 5.73 Å². The SMILES string of the molecule is CCCCCOC(=O)[C@@H](N)CCC(=O)[O-].[K+]. The molecular weight excluding hydrogens is 237 g/mol. The summed E-state index contributed by atoms with van der Waals surface area (Å²) < 4.78 is 4.86. The molecule has 16 heavy (non-hydrogen) atoms. The summed E-state index contributed by atoms with van der Waals surface area (Å²) in [5.41, 5.74) is 5.41. The molecule has 6 heteroatoms. The maximum absolute atomic E-state index is 11.2. The third-order valence-electron chi connectivity index (χ3n) is 1.95. The van der Waals surface area contributed by atoms with Gasteiger partial charge in [0, 0.05) is 5.97 Å². The van der Waals surface area contributed by atoms with Crippen molar-refractivity contribution in [1.82, 2.24) is 0 Å². The van der Waals surface area contributed by atoms with E-state index in [1.165, 1.54) is 0 Å². The van der Waals surface area contributed by atoms with Crippen LogP contribution in [0.3, 0.4) is 0 Å². The van der Waals surface area contributed by atoms with E-state index in [1.807, 2.05) is 6.92 Å². The van der Waals surface area contributed by atoms with Crippen LogP contribution >= 0.6 is 0 Å². The van der Waals surface area contributed by atoms with Gasteiger partial charge in [0.1, 0.15) is 6.04 Å². The molecule has 0 fully saturated rings. The van der Waals surface area contributed by atoms with Crippen LogP contribution in [-0.2, 0) is 14.3 Å². The fourth-order valence-corrected chi connectivity index (χ4v) is 1.02. The number of unbranched alkanes of at least 4 members (excludes halogenated alkanes) is 2. The maximum atomic E-state index is 11.2. The fraction of sp³-hybridized carbons (Fsp3) is 0.800. The largest absolute Gasteiger partial charge is 1.00 e. The Labute approximate surface area is 139 Å². The predicted molar refractivity (Wildman–Crippen MR) is 52.7 cm³/mol. The molecule has 1 atom stereocenters. The molecule has 88 valence electrons. The first kappa shape index (κ1) is 18.9. The minimum absolute atomic E-state index is 0. The van der Waals surface area contributed by atoms with Crippen molar-refractivity contribution >= 4 is 11.9 Å². The van der Waals surface area contributed by atoms with Crippen LogP contribution in [0, 0.1) is 0 Å². The van der Waals surface area contributed by atoms with Crippen molar-refractivity contribution in [3.63, 3.8) is 0 Å². The summed E-state index contributed by atoms with van der Waals surface area (Å²) in [5.74, 6) is -1.74. The Hall–Kier alpha value is 0.536. The number of hydrogen-bond donors (Lipinski definition) is 1. The zero-order valence-electron chi connectivity index (χ0n) is 10.0. The molecule has 0 aromatic heterocycles. The van der Waals surface area contributed by atoms with Crippen LogP contribution in [0.25, 0.3) is 0 Å². The van der Waals surface area contributed by atoms with Gasteiger partial charge in [-0.2, -0.15) is 0 Å². The number of rotatable bonds is 8. The van der Waals surface area contributed by atoms with Crippen LogP contribution in [0.4, 0.5) is 0 Å². The van der Waals surface area contributed by atoms with E-state index >= 15 is 0 Å². The number of carbonyl (C=O) groups is 2. The zero-order valence-corrected chi connectivity index (χ0v) is 13.2. The third kappa shape index (κ3) is 11.0. The topological polar surface area (TPSA) is 92.5 Å². The van der Waals surface area contributed by atoms with Crippen molar-refractivity contribution < 1.29 is 70.8 Å². The van der Waals surface area contributed by atoms with Crippen molar-refractivity contribution in [2.45, 2.75) is 45.1 Å². The first-order valence-corrected chi connectivity index (χ1v) is 5.20. The summed E-state index contributed by atoms with van der Waals surface area (Å²) in [6, 6.07) is -0.857. The summed E-state index contributed by atoms with van der Waals surface area (Å²) in [4.78, 5) is 21.3. The van der Waals surface area contributed by atoms with E-state index in [2.05, 4.69) is 0 Å². The summed E-state index contributed by atoms with van der Waals surface area (Å²) in [7, 11) is 0. The average molecular weight is 255 g/mol. The number of aliphatic carboxylic acids is 1. The molecule has 0 spiro atoms. The van der Waals surface area contributed by atoms with Crippen molar-refractivity contribution in [1.29, 1.82) is 0 Å². The quantitative estimate of drug-likeness (QED) is 0.277. The minimum Gasteiger partial charge on any atom is -0.550 e. The van der Waals surface area contributed by atoms with Crippen LogP contribution in [0.1, 0.15) is 39.0 Å². The van der Waals surface area contributed by atoms with Crippen molar-refractivity contribution in [3.8, 4) is 0 Å². The smallest absolute Gasteiger partial charge is 0.550 e. The first-order chi connectivity index (χ1) is 7.07. The second-order valence-electron chi connectivity index (χ2n) is 3.39. The van der Waals surface area contributed by atoms with E-state index in [9.17, 15) is 14.7 Å². The standard InChI is InChI=1S/C10H19NO4.K/c1-2-3-4-7-15-10(14)8(11)5-6-9(12)13;/h8H,2-7,11H2,1H3,(H,12,13);/q;+1/p-1/t8-;/m0./s1. The van der Waals surface area contributed by atoms with E-state index in [-0.39, 0.29) is 64.2 Å². The van der Waals surface area contributed by atoms with Crippen LogP contribution in [0.2, 0.25) is 0 Å². The molecule has 0 aliphatic rings. The van der Waals surface area contributed by atoms with E-state index in [4.69, 9.17) is 10.5 Å². The molecule has 2 N–H and O–H groups in total. The van der Waals surface area contributed by atoms with Crippen molar-refractivity contribution in [2.75, 3.05) is 6.61 Å². The van der Waals surface area contributed by atoms with Crippen LogP contribution in [0.15, 0.2) is 0 Å². The van der Waals surface area contributed by atoms with Gasteiger partial charge in [0.05, 0.1) is 6.61 Å². The monoisotopic (exact) mass is 255 g/mol. The summed E-state index contributed by atoms with van der Waals surface area (Å²) in [5, 5.41) is 10.1. The van der Waals surface area contributed by atoms with Gasteiger partial charge in [0.15, 0.2) is 0 Å². The number of nitrogens with two attached hydrogens (primary N) is 1. The van der Waals surface area contributed by atoms with Gasteiger partial charge >= 0.3 is 57.4 Å². The number of carbonyl (C=O) groups excluding carboxylic acids is 2. The Morgan fingerprint density at radius 1 is 1.38 bits per heavy atom. The fourth-order valence-electron chi connectivity index (χ4n) is 1.02. The molecule has 0 rings (SSSR count). The number of hydrogen-bond acceptors (Lipinski definition) is 5. The molecule has 0 saturated carbocycles. The summed E-state index contributed by atoms with van der Waals surface area (Å²) in [6.45, 7) is 2.40. The minimum atomic E-state index is -1.20. The predicted octanol–water partition coefficient (Wildman–Crippen LogP) is -3.42. The second-order valence-corrected chi connectivity index (χ2v) is 3.39. The Kier molecular flexibility index (Phi) is 14.2. The Bertz CT molecular complexity index is 211. The molecule has 0 aliphatic heterocycles. The molecule has 0 amide bonds. The van der Waals surface area contributed by atoms with Gasteiger partial charge < -0.3 is 20.4 Å². The number of ether oxygens (including phenoxy) is 1. The van der Waals surface area contributed by atoms with E-state index < -0.39 is 18.0 Å². The summed E-state index contributed by atoms with van der Waals surface area (Å²) in [6.07, 6.45) is 2.71. The Balaban J connectivity index is 0. The van der Waals surface area contributed by atoms with E-state index in [0.717, 1.165) is 19.3 Å². The molecular formula is C10H18KNO4. The van der Waals surface area contributed by atoms with Crippen LogP contribution in [0.5, 0.6) is 0 Å². The van der Waals surface area contributed by atoms with Gasteiger partial charge in [-0.3, -0.25) is 4.79 Å². The number of carboxylic acid groups (broad SMARTS) is 1. The van der Waals surface area contributed by atoms with Gasteiger partial charge in [0.25, 0.3) is 0 Å². The second kappa shape index (κ2) is 12.0. The number of carboxylic acids is 1. The van der Waals surface area contributed by atoms with E-state index in [1.54, 1.807) is 0 Å². The molecule has 5 nitrogen and oxygen atoms in total. The molecule has 0 heterocycles. The van der Waals surface area contributed by atoms with Gasteiger partial charge in [-0.1, -0.05) is 19.8 Å². The molecule has 0 unspecified atom stereocenters. The van der Waals surface area contributed by atoms with Crippen molar-refractivity contribution in [3.05, 3.63) is 0 Å². The van der Waals surface area contributed by atoms with Crippen LogP contribution in [-0.4, -0.2) is 24.6 Å². The maximum Gasteiger partial charge on any atom is 1.00 e. The zero-order chi connectivity index (χ0) is 11.7. The van der Waals surface area contributed by atoms with Gasteiger partial charge in [0.2, 0.25) is 0 Å². The summed E-state index contributed by atoms with van der Waals surface area (Å²) >= 11 is 0. The Morgan fingerprint density at radius 3 is 2.50 bits per heavy atom. The van der Waals surface area contributed by atoms with Crippen LogP contribution < -0.4 is 62.2 Å². The molecule has 0 aliphatic carbocycles.